The molecule has 1 aromatic heterocycles. The molecule has 0 radical (unpaired) electrons. The molecule has 0 saturated heterocycles. The Bertz CT molecular complexity index is 927. The smallest absolute Gasteiger partial charge is 0.122 e. The average Bonchev–Trinajstić information content (AvgIpc) is 3.37. The van der Waals surface area contributed by atoms with Crippen LogP contribution in [-0.2, 0) is 6.42 Å². The summed E-state index contributed by atoms with van der Waals surface area (Å²) in [5.74, 6) is 1.99. The van der Waals surface area contributed by atoms with E-state index in [1.807, 2.05) is 6.92 Å². The van der Waals surface area contributed by atoms with Gasteiger partial charge in [-0.3, -0.25) is 0 Å². The second-order valence-electron chi connectivity index (χ2n) is 12.1. The maximum atomic E-state index is 10.7. The minimum absolute atomic E-state index is 0.123. The van der Waals surface area contributed by atoms with Gasteiger partial charge in [0, 0.05) is 17.9 Å². The Kier molecular flexibility index (Phi) is 9.48. The van der Waals surface area contributed by atoms with Crippen molar-refractivity contribution < 1.29 is 20.4 Å². The molecule has 3 fully saturated rings. The molecular formula is C30H47NO4S. The highest BCUT2D eigenvalue weighted by molar-refractivity contribution is 7.11. The zero-order valence-corrected chi connectivity index (χ0v) is 23.3. The standard InChI is InChI=1S/C30H47NO4S/c1-19(6-4-8-27(35)29-31-20(2)28(36-29)13-15-32)25-11-12-26-22(7-5-14-30(25,26)3)10-9-21-16-23(33)18-24(34)17-21/h9-10,19,23-27,32-35H,4-8,11-18H2,1-3H3/b22-10+/t19-,23-,24-,25-,26+,27-,30-/m1/s1. The number of aliphatic hydroxyl groups is 4. The van der Waals surface area contributed by atoms with Gasteiger partial charge in [0.1, 0.15) is 11.1 Å². The molecule has 7 atom stereocenters. The topological polar surface area (TPSA) is 93.8 Å². The monoisotopic (exact) mass is 517 g/mol. The van der Waals surface area contributed by atoms with Gasteiger partial charge in [-0.05, 0) is 87.9 Å². The first-order valence-electron chi connectivity index (χ1n) is 14.2. The van der Waals surface area contributed by atoms with Crippen LogP contribution in [0, 0.1) is 30.1 Å². The first-order chi connectivity index (χ1) is 17.2. The lowest BCUT2D eigenvalue weighted by atomic mass is 9.60. The van der Waals surface area contributed by atoms with Crippen LogP contribution in [0.25, 0.3) is 0 Å². The van der Waals surface area contributed by atoms with Crippen molar-refractivity contribution in [3.8, 4) is 0 Å². The third-order valence-electron chi connectivity index (χ3n) is 9.47. The number of allylic oxidation sites excluding steroid dienone is 3. The van der Waals surface area contributed by atoms with E-state index in [1.165, 1.54) is 37.7 Å². The third kappa shape index (κ3) is 6.32. The molecule has 4 rings (SSSR count). The molecule has 3 saturated carbocycles. The number of aryl methyl sites for hydroxylation is 1. The summed E-state index contributed by atoms with van der Waals surface area (Å²) < 4.78 is 0. The number of fused-ring (bicyclic) bond motifs is 1. The fourth-order valence-electron chi connectivity index (χ4n) is 7.63. The van der Waals surface area contributed by atoms with E-state index in [0.717, 1.165) is 34.8 Å². The second-order valence-corrected chi connectivity index (χ2v) is 13.2. The molecule has 3 aliphatic carbocycles. The fourth-order valence-corrected chi connectivity index (χ4v) is 8.70. The van der Waals surface area contributed by atoms with Crippen molar-refractivity contribution in [1.29, 1.82) is 0 Å². The number of hydrogen-bond donors (Lipinski definition) is 4. The van der Waals surface area contributed by atoms with Crippen LogP contribution < -0.4 is 0 Å². The van der Waals surface area contributed by atoms with E-state index in [2.05, 4.69) is 31.0 Å². The Morgan fingerprint density at radius 3 is 2.61 bits per heavy atom. The molecule has 0 amide bonds. The maximum Gasteiger partial charge on any atom is 0.122 e. The molecule has 36 heavy (non-hydrogen) atoms. The summed E-state index contributed by atoms with van der Waals surface area (Å²) >= 11 is 1.55. The van der Waals surface area contributed by atoms with Crippen molar-refractivity contribution in [2.45, 2.75) is 116 Å². The summed E-state index contributed by atoms with van der Waals surface area (Å²) in [4.78, 5) is 5.64. The van der Waals surface area contributed by atoms with Crippen LogP contribution in [0.5, 0.6) is 0 Å². The Balaban J connectivity index is 1.33. The van der Waals surface area contributed by atoms with Gasteiger partial charge in [-0.2, -0.15) is 0 Å². The number of hydrogen-bond acceptors (Lipinski definition) is 6. The highest BCUT2D eigenvalue weighted by Crippen LogP contribution is 2.60. The first kappa shape index (κ1) is 28.0. The van der Waals surface area contributed by atoms with Gasteiger partial charge in [-0.25, -0.2) is 4.98 Å². The van der Waals surface area contributed by atoms with Crippen LogP contribution in [0.4, 0.5) is 0 Å². The highest BCUT2D eigenvalue weighted by Gasteiger charge is 2.50. The molecule has 4 N–H and O–H groups in total. The van der Waals surface area contributed by atoms with Gasteiger partial charge in [-0.15, -0.1) is 11.3 Å². The number of thiazole rings is 1. The van der Waals surface area contributed by atoms with Crippen molar-refractivity contribution in [3.63, 3.8) is 0 Å². The highest BCUT2D eigenvalue weighted by atomic mass is 32.1. The van der Waals surface area contributed by atoms with Gasteiger partial charge in [-0.1, -0.05) is 50.0 Å². The van der Waals surface area contributed by atoms with Crippen LogP contribution in [0.15, 0.2) is 23.3 Å². The molecule has 0 aliphatic heterocycles. The summed E-state index contributed by atoms with van der Waals surface area (Å²) in [6.45, 7) is 7.03. The number of nitrogens with zero attached hydrogens (tertiary/aromatic N) is 1. The minimum atomic E-state index is -0.505. The van der Waals surface area contributed by atoms with Crippen molar-refractivity contribution >= 4 is 11.3 Å². The van der Waals surface area contributed by atoms with Crippen LogP contribution in [0.2, 0.25) is 0 Å². The average molecular weight is 518 g/mol. The van der Waals surface area contributed by atoms with Crippen molar-refractivity contribution in [1.82, 2.24) is 4.98 Å². The van der Waals surface area contributed by atoms with Crippen LogP contribution >= 0.6 is 11.3 Å². The predicted octanol–water partition coefficient (Wildman–Crippen LogP) is 5.80. The first-order valence-corrected chi connectivity index (χ1v) is 15.0. The molecule has 0 aromatic carbocycles. The molecule has 6 heteroatoms. The van der Waals surface area contributed by atoms with E-state index in [0.29, 0.717) is 48.9 Å². The van der Waals surface area contributed by atoms with Crippen LogP contribution in [-0.4, -0.2) is 44.2 Å². The summed E-state index contributed by atoms with van der Waals surface area (Å²) in [7, 11) is 0. The largest absolute Gasteiger partial charge is 0.396 e. The van der Waals surface area contributed by atoms with Gasteiger partial charge in [0.25, 0.3) is 0 Å². The Morgan fingerprint density at radius 2 is 1.89 bits per heavy atom. The third-order valence-corrected chi connectivity index (χ3v) is 10.8. The van der Waals surface area contributed by atoms with Gasteiger partial charge < -0.3 is 20.4 Å². The SMILES string of the molecule is Cc1nc([C@H](O)CCC[C@@H](C)[C@H]2CC[C@H]3/C(=C/C=C4C[C@@H](O)C[C@H](O)C4)CCC[C@]23C)sc1CCO. The van der Waals surface area contributed by atoms with E-state index < -0.39 is 18.3 Å². The normalized spacial score (nSPS) is 33.5. The van der Waals surface area contributed by atoms with E-state index >= 15 is 0 Å². The van der Waals surface area contributed by atoms with Gasteiger partial charge in [0.15, 0.2) is 0 Å². The quantitative estimate of drug-likeness (QED) is 0.332. The molecule has 3 aliphatic rings. The summed E-state index contributed by atoms with van der Waals surface area (Å²) in [5, 5.41) is 40.8. The minimum Gasteiger partial charge on any atom is -0.396 e. The van der Waals surface area contributed by atoms with Crippen LogP contribution in [0.3, 0.4) is 0 Å². The lowest BCUT2D eigenvalue weighted by molar-refractivity contribution is 0.0609. The lowest BCUT2D eigenvalue weighted by Gasteiger charge is -2.44. The van der Waals surface area contributed by atoms with Crippen molar-refractivity contribution in [3.05, 3.63) is 38.9 Å². The lowest BCUT2D eigenvalue weighted by Crippen LogP contribution is -2.36. The second kappa shape index (κ2) is 12.2. The zero-order valence-electron chi connectivity index (χ0n) is 22.5. The summed E-state index contributed by atoms with van der Waals surface area (Å²) in [6.07, 6.45) is 14.9. The molecule has 5 nitrogen and oxygen atoms in total. The number of rotatable bonds is 9. The van der Waals surface area contributed by atoms with E-state index in [-0.39, 0.29) is 6.61 Å². The Hall–Kier alpha value is -1.05. The summed E-state index contributed by atoms with van der Waals surface area (Å²) in [6, 6.07) is 0. The molecule has 0 unspecified atom stereocenters. The van der Waals surface area contributed by atoms with E-state index in [9.17, 15) is 20.4 Å². The van der Waals surface area contributed by atoms with Gasteiger partial charge in [0.2, 0.25) is 0 Å². The van der Waals surface area contributed by atoms with E-state index in [4.69, 9.17) is 0 Å². The van der Waals surface area contributed by atoms with Crippen molar-refractivity contribution in [2.24, 2.45) is 23.2 Å². The molecule has 0 spiro atoms. The Labute approximate surface area is 221 Å². The Morgan fingerprint density at radius 1 is 1.14 bits per heavy atom. The number of aliphatic hydroxyl groups excluding tert-OH is 4. The zero-order chi connectivity index (χ0) is 25.9. The molecule has 1 aromatic rings. The van der Waals surface area contributed by atoms with Gasteiger partial charge >= 0.3 is 0 Å². The fraction of sp³-hybridized carbons (Fsp3) is 0.767. The van der Waals surface area contributed by atoms with Crippen LogP contribution in [0.1, 0.15) is 106 Å². The predicted molar refractivity (Wildman–Crippen MR) is 146 cm³/mol. The molecule has 202 valence electrons. The summed E-state index contributed by atoms with van der Waals surface area (Å²) in [5.41, 5.74) is 4.04. The molecular weight excluding hydrogens is 470 g/mol. The van der Waals surface area contributed by atoms with E-state index in [1.54, 1.807) is 16.9 Å². The maximum absolute atomic E-state index is 10.7. The molecule has 0 bridgehead atoms. The van der Waals surface area contributed by atoms with Crippen molar-refractivity contribution in [2.75, 3.05) is 6.61 Å². The molecule has 1 heterocycles. The van der Waals surface area contributed by atoms with Gasteiger partial charge in [0.05, 0.1) is 17.9 Å². The number of aromatic nitrogens is 1.